The van der Waals surface area contributed by atoms with Crippen LogP contribution >= 0.6 is 0 Å². The summed E-state index contributed by atoms with van der Waals surface area (Å²) in [4.78, 5) is 37.9. The van der Waals surface area contributed by atoms with E-state index in [4.69, 9.17) is 14.2 Å². The molecule has 6 nitrogen and oxygen atoms in total. The Balaban J connectivity index is 4.39. The van der Waals surface area contributed by atoms with Gasteiger partial charge in [-0.15, -0.1) is 0 Å². The lowest BCUT2D eigenvalue weighted by molar-refractivity contribution is -0.167. The Morgan fingerprint density at radius 3 is 0.847 bits per heavy atom. The Kier molecular flexibility index (Phi) is 46.4. The van der Waals surface area contributed by atoms with Crippen LogP contribution in [0, 0.1) is 0 Å². The van der Waals surface area contributed by atoms with Gasteiger partial charge in [0, 0.05) is 19.3 Å². The maximum Gasteiger partial charge on any atom is 0.306 e. The Labute approximate surface area is 365 Å². The number of rotatable bonds is 46. The Morgan fingerprint density at radius 2 is 0.559 bits per heavy atom. The maximum atomic E-state index is 12.8. The molecular weight excluding hydrogens is 733 g/mol. The van der Waals surface area contributed by atoms with E-state index in [0.717, 1.165) is 70.6 Å². The predicted octanol–water partition coefficient (Wildman–Crippen LogP) is 16.5. The van der Waals surface area contributed by atoms with Crippen LogP contribution < -0.4 is 0 Å². The third-order valence-corrected chi connectivity index (χ3v) is 11.1. The van der Waals surface area contributed by atoms with E-state index in [1.807, 2.05) is 0 Å². The summed E-state index contributed by atoms with van der Waals surface area (Å²) >= 11 is 0. The van der Waals surface area contributed by atoms with Crippen molar-refractivity contribution in [1.82, 2.24) is 0 Å². The minimum Gasteiger partial charge on any atom is -0.462 e. The van der Waals surface area contributed by atoms with E-state index < -0.39 is 6.10 Å². The second kappa shape index (κ2) is 48.3. The van der Waals surface area contributed by atoms with E-state index in [2.05, 4.69) is 57.2 Å². The van der Waals surface area contributed by atoms with E-state index >= 15 is 0 Å². The van der Waals surface area contributed by atoms with Crippen LogP contribution in [0.2, 0.25) is 0 Å². The molecule has 0 amide bonds. The number of ether oxygens (including phenoxy) is 3. The lowest BCUT2D eigenvalue weighted by Crippen LogP contribution is -2.30. The van der Waals surface area contributed by atoms with Crippen LogP contribution in [0.1, 0.15) is 265 Å². The highest BCUT2D eigenvalue weighted by molar-refractivity contribution is 5.71. The zero-order valence-corrected chi connectivity index (χ0v) is 39.3. The van der Waals surface area contributed by atoms with Gasteiger partial charge in [-0.1, -0.05) is 186 Å². The zero-order valence-electron chi connectivity index (χ0n) is 39.3. The minimum absolute atomic E-state index is 0.0795. The Bertz CT molecular complexity index is 948. The molecular formula is C53H96O6. The van der Waals surface area contributed by atoms with Crippen LogP contribution in [0.25, 0.3) is 0 Å². The van der Waals surface area contributed by atoms with E-state index in [9.17, 15) is 14.4 Å². The fourth-order valence-corrected chi connectivity index (χ4v) is 7.19. The summed E-state index contributed by atoms with van der Waals surface area (Å²) < 4.78 is 16.8. The summed E-state index contributed by atoms with van der Waals surface area (Å²) in [6.07, 6.45) is 55.5. The van der Waals surface area contributed by atoms with Gasteiger partial charge in [-0.2, -0.15) is 0 Å². The number of carbonyl (C=O) groups excluding carboxylic acids is 3. The highest BCUT2D eigenvalue weighted by Crippen LogP contribution is 2.14. The van der Waals surface area contributed by atoms with Crippen LogP contribution in [-0.4, -0.2) is 37.2 Å². The Morgan fingerprint density at radius 1 is 0.322 bits per heavy atom. The molecule has 0 unspecified atom stereocenters. The molecule has 0 spiro atoms. The smallest absolute Gasteiger partial charge is 0.306 e. The van der Waals surface area contributed by atoms with E-state index in [-0.39, 0.29) is 31.1 Å². The summed E-state index contributed by atoms with van der Waals surface area (Å²) in [6, 6.07) is 0. The van der Waals surface area contributed by atoms with Crippen LogP contribution in [0.4, 0.5) is 0 Å². The standard InChI is InChI=1S/C53H96O6/c1-4-7-10-13-16-19-22-25-26-29-32-35-38-41-44-47-53(56)59-50(48-57-51(54)45-42-39-36-33-30-27-23-20-17-14-11-8-5-2)49-58-52(55)46-43-40-37-34-31-28-24-21-18-15-12-9-6-3/h19-24,50H,4-18,25-49H2,1-3H3/b22-19-,23-20-,24-21-. The summed E-state index contributed by atoms with van der Waals surface area (Å²) in [5, 5.41) is 0. The predicted molar refractivity (Wildman–Crippen MR) is 252 cm³/mol. The summed E-state index contributed by atoms with van der Waals surface area (Å²) in [5.41, 5.74) is 0. The first-order valence-electron chi connectivity index (χ1n) is 25.5. The van der Waals surface area contributed by atoms with Gasteiger partial charge in [-0.25, -0.2) is 0 Å². The van der Waals surface area contributed by atoms with Crippen molar-refractivity contribution in [3.8, 4) is 0 Å². The van der Waals surface area contributed by atoms with Gasteiger partial charge in [-0.3, -0.25) is 14.4 Å². The molecule has 0 aromatic rings. The number of carbonyl (C=O) groups is 3. The van der Waals surface area contributed by atoms with Crippen molar-refractivity contribution in [3.63, 3.8) is 0 Å². The van der Waals surface area contributed by atoms with Gasteiger partial charge in [-0.05, 0) is 96.3 Å². The second-order valence-electron chi connectivity index (χ2n) is 17.1. The molecule has 0 bridgehead atoms. The lowest BCUT2D eigenvalue weighted by atomic mass is 10.1. The highest BCUT2D eigenvalue weighted by Gasteiger charge is 2.19. The molecule has 0 radical (unpaired) electrons. The number of hydrogen-bond donors (Lipinski definition) is 0. The molecule has 0 aliphatic carbocycles. The molecule has 0 saturated carbocycles. The summed E-state index contributed by atoms with van der Waals surface area (Å²) in [5.74, 6) is -0.894. The van der Waals surface area contributed by atoms with Gasteiger partial charge in [0.2, 0.25) is 0 Å². The molecule has 0 aromatic heterocycles. The van der Waals surface area contributed by atoms with Crippen molar-refractivity contribution >= 4 is 17.9 Å². The molecule has 0 aliphatic rings. The van der Waals surface area contributed by atoms with Crippen LogP contribution in [0.15, 0.2) is 36.5 Å². The molecule has 0 aromatic carbocycles. The monoisotopic (exact) mass is 829 g/mol. The summed E-state index contributed by atoms with van der Waals surface area (Å²) in [6.45, 7) is 6.59. The van der Waals surface area contributed by atoms with Gasteiger partial charge in [0.15, 0.2) is 6.10 Å². The number of hydrogen-bond acceptors (Lipinski definition) is 6. The second-order valence-corrected chi connectivity index (χ2v) is 17.1. The molecule has 0 atom stereocenters. The topological polar surface area (TPSA) is 78.9 Å². The van der Waals surface area contributed by atoms with Crippen molar-refractivity contribution in [2.24, 2.45) is 0 Å². The largest absolute Gasteiger partial charge is 0.462 e. The lowest BCUT2D eigenvalue weighted by Gasteiger charge is -2.18. The third-order valence-electron chi connectivity index (χ3n) is 11.1. The maximum absolute atomic E-state index is 12.8. The molecule has 0 rings (SSSR count). The first-order chi connectivity index (χ1) is 29.0. The van der Waals surface area contributed by atoms with Gasteiger partial charge in [0.25, 0.3) is 0 Å². The van der Waals surface area contributed by atoms with Gasteiger partial charge < -0.3 is 14.2 Å². The van der Waals surface area contributed by atoms with Crippen molar-refractivity contribution in [2.75, 3.05) is 13.2 Å². The summed E-state index contributed by atoms with van der Waals surface area (Å²) in [7, 11) is 0. The molecule has 344 valence electrons. The molecule has 0 saturated heterocycles. The highest BCUT2D eigenvalue weighted by atomic mass is 16.6. The van der Waals surface area contributed by atoms with Crippen molar-refractivity contribution in [3.05, 3.63) is 36.5 Å². The van der Waals surface area contributed by atoms with Crippen LogP contribution in [0.5, 0.6) is 0 Å². The fourth-order valence-electron chi connectivity index (χ4n) is 7.19. The number of unbranched alkanes of at least 4 members (excludes halogenated alkanes) is 29. The minimum atomic E-state index is -0.778. The van der Waals surface area contributed by atoms with E-state index in [0.29, 0.717) is 19.3 Å². The van der Waals surface area contributed by atoms with E-state index in [1.165, 1.54) is 154 Å². The average molecular weight is 829 g/mol. The molecule has 59 heavy (non-hydrogen) atoms. The van der Waals surface area contributed by atoms with E-state index in [1.54, 1.807) is 0 Å². The first kappa shape index (κ1) is 56.6. The zero-order chi connectivity index (χ0) is 43.0. The van der Waals surface area contributed by atoms with Crippen molar-refractivity contribution < 1.29 is 28.6 Å². The van der Waals surface area contributed by atoms with Crippen LogP contribution in [0.3, 0.4) is 0 Å². The number of esters is 3. The quantitative estimate of drug-likeness (QED) is 0.0263. The van der Waals surface area contributed by atoms with Crippen LogP contribution in [-0.2, 0) is 28.6 Å². The van der Waals surface area contributed by atoms with Crippen molar-refractivity contribution in [2.45, 2.75) is 271 Å². The molecule has 6 heteroatoms. The fraction of sp³-hybridized carbons (Fsp3) is 0.830. The molecule has 0 heterocycles. The molecule has 0 N–H and O–H groups in total. The normalized spacial score (nSPS) is 11.8. The molecule has 0 aliphatic heterocycles. The average Bonchev–Trinajstić information content (AvgIpc) is 3.23. The third kappa shape index (κ3) is 46.5. The van der Waals surface area contributed by atoms with Crippen molar-refractivity contribution in [1.29, 1.82) is 0 Å². The number of allylic oxidation sites excluding steroid dienone is 6. The van der Waals surface area contributed by atoms with Gasteiger partial charge >= 0.3 is 17.9 Å². The SMILES string of the molecule is CCCCCC/C=C\CCCCCCCCCC(=O)OC(COC(=O)CCCCCCC/C=C\CCCCCC)COC(=O)CCCCCCC/C=C\CCCCCC. The first-order valence-corrected chi connectivity index (χ1v) is 25.5. The van der Waals surface area contributed by atoms with Gasteiger partial charge in [0.05, 0.1) is 0 Å². The molecule has 0 fully saturated rings. The van der Waals surface area contributed by atoms with Gasteiger partial charge in [0.1, 0.15) is 13.2 Å². The Hall–Kier alpha value is -2.37.